The minimum absolute atomic E-state index is 0.00646. The van der Waals surface area contributed by atoms with Crippen molar-refractivity contribution in [2.24, 2.45) is 11.7 Å². The first-order valence-corrected chi connectivity index (χ1v) is 8.07. The standard InChI is InChI=1S/C15H26N4O7/c1-8(2)5-10(18-12(21)7-17-11(20)6-16)14(24)19-9(15(25)26)3-4-13(22)23/h8-10H,3-7,16H2,1-2H3,(H,17,20)(H,18,21)(H,19,24)(H,22,23)(H,25,26). The van der Waals surface area contributed by atoms with Crippen LogP contribution in [-0.4, -0.2) is 65.0 Å². The molecule has 0 bridgehead atoms. The molecule has 0 aliphatic rings. The summed E-state index contributed by atoms with van der Waals surface area (Å²) in [5, 5.41) is 24.7. The fraction of sp³-hybridized carbons (Fsp3) is 0.667. The number of hydrogen-bond acceptors (Lipinski definition) is 6. The van der Waals surface area contributed by atoms with Crippen molar-refractivity contribution in [3.8, 4) is 0 Å². The van der Waals surface area contributed by atoms with Crippen molar-refractivity contribution >= 4 is 29.7 Å². The van der Waals surface area contributed by atoms with Crippen LogP contribution in [0.1, 0.15) is 33.1 Å². The smallest absolute Gasteiger partial charge is 0.326 e. The second kappa shape index (κ2) is 11.8. The summed E-state index contributed by atoms with van der Waals surface area (Å²) < 4.78 is 0. The summed E-state index contributed by atoms with van der Waals surface area (Å²) in [4.78, 5) is 57.0. The van der Waals surface area contributed by atoms with Crippen LogP contribution in [0.15, 0.2) is 0 Å². The number of hydrogen-bond donors (Lipinski definition) is 6. The van der Waals surface area contributed by atoms with Crippen molar-refractivity contribution in [1.29, 1.82) is 0 Å². The van der Waals surface area contributed by atoms with Gasteiger partial charge in [-0.3, -0.25) is 19.2 Å². The van der Waals surface area contributed by atoms with Crippen molar-refractivity contribution in [2.45, 2.75) is 45.2 Å². The van der Waals surface area contributed by atoms with Crippen molar-refractivity contribution in [1.82, 2.24) is 16.0 Å². The van der Waals surface area contributed by atoms with Crippen LogP contribution < -0.4 is 21.7 Å². The van der Waals surface area contributed by atoms with E-state index in [2.05, 4.69) is 16.0 Å². The normalized spacial score (nSPS) is 12.8. The van der Waals surface area contributed by atoms with Crippen LogP contribution in [0.3, 0.4) is 0 Å². The quantitative estimate of drug-likeness (QED) is 0.227. The van der Waals surface area contributed by atoms with Gasteiger partial charge in [0.05, 0.1) is 13.1 Å². The van der Waals surface area contributed by atoms with Crippen molar-refractivity contribution in [3.63, 3.8) is 0 Å². The lowest BCUT2D eigenvalue weighted by Gasteiger charge is -2.22. The van der Waals surface area contributed by atoms with Gasteiger partial charge in [0.25, 0.3) is 0 Å². The maximum Gasteiger partial charge on any atom is 0.326 e. The Hall–Kier alpha value is -2.69. The molecule has 0 aromatic rings. The van der Waals surface area contributed by atoms with Gasteiger partial charge in [-0.1, -0.05) is 13.8 Å². The molecule has 0 aromatic carbocycles. The number of nitrogens with two attached hydrogens (primary N) is 1. The second-order valence-electron chi connectivity index (χ2n) is 6.06. The fourth-order valence-corrected chi connectivity index (χ4v) is 2.00. The Balaban J connectivity index is 4.89. The van der Waals surface area contributed by atoms with E-state index < -0.39 is 48.2 Å². The molecule has 0 saturated carbocycles. The Kier molecular flexibility index (Phi) is 10.6. The molecule has 0 rings (SSSR count). The van der Waals surface area contributed by atoms with E-state index >= 15 is 0 Å². The molecule has 11 heteroatoms. The SMILES string of the molecule is CC(C)CC(NC(=O)CNC(=O)CN)C(=O)NC(CCC(=O)O)C(=O)O. The molecule has 3 amide bonds. The van der Waals surface area contributed by atoms with E-state index in [-0.39, 0.29) is 31.8 Å². The van der Waals surface area contributed by atoms with Crippen LogP contribution in [0.5, 0.6) is 0 Å². The minimum Gasteiger partial charge on any atom is -0.481 e. The van der Waals surface area contributed by atoms with Crippen molar-refractivity contribution in [3.05, 3.63) is 0 Å². The first-order chi connectivity index (χ1) is 12.1. The number of carboxylic acids is 2. The van der Waals surface area contributed by atoms with E-state index in [0.29, 0.717) is 0 Å². The molecule has 0 aliphatic heterocycles. The average Bonchev–Trinajstić information content (AvgIpc) is 2.54. The summed E-state index contributed by atoms with van der Waals surface area (Å²) in [5.41, 5.74) is 5.10. The molecule has 0 heterocycles. The highest BCUT2D eigenvalue weighted by Crippen LogP contribution is 2.07. The summed E-state index contributed by atoms with van der Waals surface area (Å²) in [6.45, 7) is 2.95. The average molecular weight is 374 g/mol. The van der Waals surface area contributed by atoms with Crippen LogP contribution in [0, 0.1) is 5.92 Å². The number of rotatable bonds is 12. The molecule has 2 atom stereocenters. The van der Waals surface area contributed by atoms with Gasteiger partial charge in [0.15, 0.2) is 0 Å². The summed E-state index contributed by atoms with van der Waals surface area (Å²) >= 11 is 0. The van der Waals surface area contributed by atoms with E-state index in [4.69, 9.17) is 15.9 Å². The molecule has 0 aromatic heterocycles. The molecule has 148 valence electrons. The van der Waals surface area contributed by atoms with Crippen LogP contribution in [0.2, 0.25) is 0 Å². The number of amides is 3. The molecule has 0 aliphatic carbocycles. The maximum atomic E-state index is 12.3. The van der Waals surface area contributed by atoms with Gasteiger partial charge in [0, 0.05) is 6.42 Å². The largest absolute Gasteiger partial charge is 0.481 e. The zero-order valence-electron chi connectivity index (χ0n) is 14.8. The highest BCUT2D eigenvalue weighted by atomic mass is 16.4. The van der Waals surface area contributed by atoms with E-state index in [1.807, 2.05) is 13.8 Å². The first kappa shape index (κ1) is 23.3. The summed E-state index contributed by atoms with van der Waals surface area (Å²) in [7, 11) is 0. The van der Waals surface area contributed by atoms with Gasteiger partial charge in [-0.15, -0.1) is 0 Å². The summed E-state index contributed by atoms with van der Waals surface area (Å²) in [6, 6.07) is -2.41. The first-order valence-electron chi connectivity index (χ1n) is 8.07. The molecular weight excluding hydrogens is 348 g/mol. The van der Waals surface area contributed by atoms with Crippen LogP contribution in [-0.2, 0) is 24.0 Å². The van der Waals surface area contributed by atoms with Gasteiger partial charge in [-0.05, 0) is 18.8 Å². The van der Waals surface area contributed by atoms with E-state index in [0.717, 1.165) is 0 Å². The van der Waals surface area contributed by atoms with E-state index in [1.54, 1.807) is 0 Å². The lowest BCUT2D eigenvalue weighted by molar-refractivity contribution is -0.143. The molecule has 0 spiro atoms. The van der Waals surface area contributed by atoms with Gasteiger partial charge < -0.3 is 31.9 Å². The predicted molar refractivity (Wildman–Crippen MR) is 89.9 cm³/mol. The fourth-order valence-electron chi connectivity index (χ4n) is 2.00. The monoisotopic (exact) mass is 374 g/mol. The number of carboxylic acid groups (broad SMARTS) is 2. The van der Waals surface area contributed by atoms with Gasteiger partial charge in [-0.2, -0.15) is 0 Å². The number of nitrogens with one attached hydrogen (secondary N) is 3. The molecule has 0 radical (unpaired) electrons. The lowest BCUT2D eigenvalue weighted by Crippen LogP contribution is -2.53. The number of carbonyl (C=O) groups excluding carboxylic acids is 3. The van der Waals surface area contributed by atoms with Gasteiger partial charge in [0.2, 0.25) is 17.7 Å². The Bertz CT molecular complexity index is 536. The van der Waals surface area contributed by atoms with Crippen molar-refractivity contribution in [2.75, 3.05) is 13.1 Å². The third kappa shape index (κ3) is 10.2. The highest BCUT2D eigenvalue weighted by molar-refractivity contribution is 5.92. The third-order valence-electron chi connectivity index (χ3n) is 3.25. The maximum absolute atomic E-state index is 12.3. The Morgan fingerprint density at radius 2 is 1.58 bits per heavy atom. The molecular formula is C15H26N4O7. The van der Waals surface area contributed by atoms with E-state index in [9.17, 15) is 24.0 Å². The van der Waals surface area contributed by atoms with Crippen LogP contribution in [0.4, 0.5) is 0 Å². The molecule has 2 unspecified atom stereocenters. The second-order valence-corrected chi connectivity index (χ2v) is 6.06. The number of aliphatic carboxylic acids is 2. The minimum atomic E-state index is -1.39. The summed E-state index contributed by atoms with van der Waals surface area (Å²) in [6.07, 6.45) is -0.484. The van der Waals surface area contributed by atoms with Gasteiger partial charge in [0.1, 0.15) is 12.1 Å². The third-order valence-corrected chi connectivity index (χ3v) is 3.25. The molecule has 11 nitrogen and oxygen atoms in total. The Labute approximate surface area is 150 Å². The number of carbonyl (C=O) groups is 5. The van der Waals surface area contributed by atoms with Crippen LogP contribution >= 0.6 is 0 Å². The Morgan fingerprint density at radius 3 is 2.04 bits per heavy atom. The van der Waals surface area contributed by atoms with Crippen molar-refractivity contribution < 1.29 is 34.2 Å². The predicted octanol–water partition coefficient (Wildman–Crippen LogP) is -1.97. The topological polar surface area (TPSA) is 188 Å². The van der Waals surface area contributed by atoms with Gasteiger partial charge >= 0.3 is 11.9 Å². The Morgan fingerprint density at radius 1 is 0.962 bits per heavy atom. The van der Waals surface area contributed by atoms with Crippen LogP contribution in [0.25, 0.3) is 0 Å². The molecule has 0 fully saturated rings. The molecule has 26 heavy (non-hydrogen) atoms. The zero-order chi connectivity index (χ0) is 20.3. The molecule has 0 saturated heterocycles. The van der Waals surface area contributed by atoms with Gasteiger partial charge in [-0.25, -0.2) is 4.79 Å². The zero-order valence-corrected chi connectivity index (χ0v) is 14.8. The summed E-state index contributed by atoms with van der Waals surface area (Å²) in [5.74, 6) is -4.46. The molecule has 7 N–H and O–H groups in total. The van der Waals surface area contributed by atoms with E-state index in [1.165, 1.54) is 0 Å². The highest BCUT2D eigenvalue weighted by Gasteiger charge is 2.27. The lowest BCUT2D eigenvalue weighted by atomic mass is 10.0.